The van der Waals surface area contributed by atoms with E-state index in [4.69, 9.17) is 5.11 Å². The number of carboxylic acids is 1. The van der Waals surface area contributed by atoms with Crippen LogP contribution < -0.4 is 0 Å². The summed E-state index contributed by atoms with van der Waals surface area (Å²) < 4.78 is 0. The van der Waals surface area contributed by atoms with Crippen molar-refractivity contribution in [1.82, 2.24) is 9.80 Å². The maximum absolute atomic E-state index is 12.3. The fourth-order valence-corrected chi connectivity index (χ4v) is 2.28. The first-order valence-corrected chi connectivity index (χ1v) is 6.55. The third kappa shape index (κ3) is 2.79. The average Bonchev–Trinajstić information content (AvgIpc) is 2.70. The van der Waals surface area contributed by atoms with Gasteiger partial charge in [-0.1, -0.05) is 24.8 Å². The zero-order chi connectivity index (χ0) is 15.6. The number of hydrogen-bond donors (Lipinski definition) is 1. The second-order valence-corrected chi connectivity index (χ2v) is 4.69. The van der Waals surface area contributed by atoms with Gasteiger partial charge < -0.3 is 10.0 Å². The molecule has 0 aromatic heterocycles. The molecule has 21 heavy (non-hydrogen) atoms. The summed E-state index contributed by atoms with van der Waals surface area (Å²) >= 11 is 0. The monoisotopic (exact) mass is 288 g/mol. The second-order valence-electron chi connectivity index (χ2n) is 4.69. The molecule has 2 rings (SSSR count). The van der Waals surface area contributed by atoms with E-state index in [0.717, 1.165) is 0 Å². The summed E-state index contributed by atoms with van der Waals surface area (Å²) in [6.45, 7) is 5.23. The number of carboxylic acid groups (broad SMARTS) is 1. The lowest BCUT2D eigenvalue weighted by molar-refractivity contribution is -0.144. The molecule has 0 radical (unpaired) electrons. The summed E-state index contributed by atoms with van der Waals surface area (Å²) in [7, 11) is 0. The molecule has 110 valence electrons. The van der Waals surface area contributed by atoms with Gasteiger partial charge >= 0.3 is 5.97 Å². The molecule has 1 aliphatic rings. The first-order chi connectivity index (χ1) is 9.95. The predicted octanol–water partition coefficient (Wildman–Crippen LogP) is 1.05. The van der Waals surface area contributed by atoms with Gasteiger partial charge in [0, 0.05) is 23.4 Å². The minimum Gasteiger partial charge on any atom is -0.480 e. The lowest BCUT2D eigenvalue weighted by Gasteiger charge is -2.23. The van der Waals surface area contributed by atoms with E-state index in [0.29, 0.717) is 16.8 Å². The molecule has 0 fully saturated rings. The number of amides is 2. The Labute approximate surface area is 122 Å². The Hall–Kier alpha value is -2.63. The highest BCUT2D eigenvalue weighted by atomic mass is 16.4. The van der Waals surface area contributed by atoms with E-state index in [1.54, 1.807) is 31.2 Å². The molecule has 1 N–H and O–H groups in total. The molecule has 1 aromatic carbocycles. The Morgan fingerprint density at radius 2 is 1.90 bits per heavy atom. The van der Waals surface area contributed by atoms with Crippen molar-refractivity contribution in [2.24, 2.45) is 0 Å². The van der Waals surface area contributed by atoms with Crippen LogP contribution in [0.15, 0.2) is 30.8 Å². The van der Waals surface area contributed by atoms with Crippen molar-refractivity contribution in [2.75, 3.05) is 19.6 Å². The molecule has 1 aromatic rings. The Balaban J connectivity index is 2.14. The summed E-state index contributed by atoms with van der Waals surface area (Å²) in [6.07, 6.45) is 0. The number of benzene rings is 1. The Bertz CT molecular complexity index is 589. The molecule has 0 saturated carbocycles. The van der Waals surface area contributed by atoms with Crippen molar-refractivity contribution < 1.29 is 19.5 Å². The number of carbonyl (C=O) groups excluding carboxylic acids is 2. The van der Waals surface area contributed by atoms with Crippen molar-refractivity contribution in [3.63, 3.8) is 0 Å². The number of likely N-dealkylation sites (N-methyl/N-ethyl adjacent to an activating group) is 1. The van der Waals surface area contributed by atoms with Crippen LogP contribution in [0.1, 0.15) is 22.8 Å². The van der Waals surface area contributed by atoms with E-state index in [1.807, 2.05) is 0 Å². The normalized spacial score (nSPS) is 13.3. The van der Waals surface area contributed by atoms with Gasteiger partial charge in [0.2, 0.25) is 5.91 Å². The number of nitrogens with zero attached hydrogens (tertiary/aromatic N) is 2. The number of aliphatic carboxylic acids is 1. The summed E-state index contributed by atoms with van der Waals surface area (Å²) in [5.74, 6) is -1.78. The number of rotatable bonds is 5. The molecular weight excluding hydrogens is 272 g/mol. The standard InChI is InChI=1S/C15H16N2O4/c1-3-16(9-14(19)20)13(18)8-17-10(2)11-6-4-5-7-12(11)15(17)21/h4-7H,2-3,8-9H2,1H3,(H,19,20). The van der Waals surface area contributed by atoms with E-state index in [-0.39, 0.29) is 25.5 Å². The fraction of sp³-hybridized carbons (Fsp3) is 0.267. The lowest BCUT2D eigenvalue weighted by Crippen LogP contribution is -2.42. The van der Waals surface area contributed by atoms with E-state index >= 15 is 0 Å². The number of fused-ring (bicyclic) bond motifs is 1. The van der Waals surface area contributed by atoms with Crippen molar-refractivity contribution in [3.8, 4) is 0 Å². The van der Waals surface area contributed by atoms with E-state index in [9.17, 15) is 14.4 Å². The van der Waals surface area contributed by atoms with Gasteiger partial charge in [0.1, 0.15) is 13.1 Å². The van der Waals surface area contributed by atoms with Crippen molar-refractivity contribution in [2.45, 2.75) is 6.92 Å². The van der Waals surface area contributed by atoms with Crippen molar-refractivity contribution >= 4 is 23.5 Å². The van der Waals surface area contributed by atoms with Gasteiger partial charge in [-0.05, 0) is 13.0 Å². The smallest absolute Gasteiger partial charge is 0.323 e. The molecule has 6 nitrogen and oxygen atoms in total. The van der Waals surface area contributed by atoms with Crippen LogP contribution in [-0.4, -0.2) is 52.3 Å². The molecule has 0 atom stereocenters. The summed E-state index contributed by atoms with van der Waals surface area (Å²) in [6, 6.07) is 7.00. The van der Waals surface area contributed by atoms with Crippen LogP contribution in [0.2, 0.25) is 0 Å². The van der Waals surface area contributed by atoms with Crippen LogP contribution in [0, 0.1) is 0 Å². The lowest BCUT2D eigenvalue weighted by atomic mass is 10.1. The number of hydrogen-bond acceptors (Lipinski definition) is 3. The zero-order valence-electron chi connectivity index (χ0n) is 11.7. The minimum atomic E-state index is -1.08. The third-order valence-corrected chi connectivity index (χ3v) is 3.39. The summed E-state index contributed by atoms with van der Waals surface area (Å²) in [4.78, 5) is 37.6. The first-order valence-electron chi connectivity index (χ1n) is 6.55. The maximum atomic E-state index is 12.3. The molecule has 6 heteroatoms. The van der Waals surface area contributed by atoms with E-state index in [2.05, 4.69) is 6.58 Å². The first kappa shape index (κ1) is 14.8. The van der Waals surface area contributed by atoms with Crippen LogP contribution in [0.4, 0.5) is 0 Å². The highest BCUT2D eigenvalue weighted by Gasteiger charge is 2.32. The van der Waals surface area contributed by atoms with Crippen molar-refractivity contribution in [1.29, 1.82) is 0 Å². The molecule has 0 spiro atoms. The SMILES string of the molecule is C=C1c2ccccc2C(=O)N1CC(=O)N(CC)CC(=O)O. The molecule has 0 bridgehead atoms. The Morgan fingerprint density at radius 1 is 1.29 bits per heavy atom. The minimum absolute atomic E-state index is 0.201. The Morgan fingerprint density at radius 3 is 2.43 bits per heavy atom. The highest BCUT2D eigenvalue weighted by Crippen LogP contribution is 2.30. The second kappa shape index (κ2) is 5.78. The maximum Gasteiger partial charge on any atom is 0.323 e. The van der Waals surface area contributed by atoms with Crippen LogP contribution >= 0.6 is 0 Å². The van der Waals surface area contributed by atoms with Gasteiger partial charge in [-0.15, -0.1) is 0 Å². The molecule has 1 heterocycles. The fourth-order valence-electron chi connectivity index (χ4n) is 2.28. The average molecular weight is 288 g/mol. The molecule has 0 aliphatic carbocycles. The largest absolute Gasteiger partial charge is 0.480 e. The highest BCUT2D eigenvalue weighted by molar-refractivity contribution is 6.10. The van der Waals surface area contributed by atoms with Gasteiger partial charge in [0.05, 0.1) is 0 Å². The number of carbonyl (C=O) groups is 3. The predicted molar refractivity (Wildman–Crippen MR) is 76.4 cm³/mol. The van der Waals surface area contributed by atoms with E-state index in [1.165, 1.54) is 9.80 Å². The van der Waals surface area contributed by atoms with Gasteiger partial charge in [0.15, 0.2) is 0 Å². The van der Waals surface area contributed by atoms with Gasteiger partial charge in [-0.3, -0.25) is 19.3 Å². The van der Waals surface area contributed by atoms with E-state index < -0.39 is 11.9 Å². The quantitative estimate of drug-likeness (QED) is 0.878. The topological polar surface area (TPSA) is 77.9 Å². The van der Waals surface area contributed by atoms with Gasteiger partial charge in [-0.25, -0.2) is 0 Å². The molecule has 2 amide bonds. The summed E-state index contributed by atoms with van der Waals surface area (Å²) in [5, 5.41) is 8.78. The van der Waals surface area contributed by atoms with Crippen molar-refractivity contribution in [3.05, 3.63) is 42.0 Å². The van der Waals surface area contributed by atoms with Gasteiger partial charge in [-0.2, -0.15) is 0 Å². The molecular formula is C15H16N2O4. The molecule has 0 saturated heterocycles. The van der Waals surface area contributed by atoms with Crippen LogP contribution in [-0.2, 0) is 9.59 Å². The zero-order valence-corrected chi connectivity index (χ0v) is 11.7. The van der Waals surface area contributed by atoms with Crippen LogP contribution in [0.5, 0.6) is 0 Å². The Kier molecular flexibility index (Phi) is 4.07. The van der Waals surface area contributed by atoms with Crippen LogP contribution in [0.3, 0.4) is 0 Å². The summed E-state index contributed by atoms with van der Waals surface area (Å²) in [5.41, 5.74) is 1.68. The van der Waals surface area contributed by atoms with Crippen LogP contribution in [0.25, 0.3) is 5.70 Å². The molecule has 0 unspecified atom stereocenters. The third-order valence-electron chi connectivity index (χ3n) is 3.39. The molecule has 1 aliphatic heterocycles. The van der Waals surface area contributed by atoms with Gasteiger partial charge in [0.25, 0.3) is 5.91 Å².